The molecule has 0 heterocycles. The van der Waals surface area contributed by atoms with Gasteiger partial charge in [-0.05, 0) is 78.8 Å². The molecule has 0 spiro atoms. The summed E-state index contributed by atoms with van der Waals surface area (Å²) in [5.41, 5.74) is 4.55. The molecule has 5 nitrogen and oxygen atoms in total. The van der Waals surface area contributed by atoms with Gasteiger partial charge in [0.15, 0.2) is 9.84 Å². The smallest absolute Gasteiger partial charge is 0.319 e. The third kappa shape index (κ3) is 6.05. The molecule has 2 amide bonds. The quantitative estimate of drug-likeness (QED) is 0.506. The van der Waals surface area contributed by atoms with Gasteiger partial charge in [-0.15, -0.1) is 0 Å². The Hall–Kier alpha value is -2.25. The SMILES string of the molecule is C[C@H](NC(=O)Nc1ccc(S(=O)(=O)Cc2ccc3c(c2)CCC3)cc1)c1cccc(Cl)c1Cl.[Cl-]. The van der Waals surface area contributed by atoms with Gasteiger partial charge in [-0.3, -0.25) is 0 Å². The average molecular weight is 539 g/mol. The van der Waals surface area contributed by atoms with Gasteiger partial charge in [0.1, 0.15) is 0 Å². The van der Waals surface area contributed by atoms with Crippen LogP contribution in [0.3, 0.4) is 0 Å². The molecule has 4 rings (SSSR count). The predicted octanol–water partition coefficient (Wildman–Crippen LogP) is 3.34. The minimum atomic E-state index is -3.50. The standard InChI is InChI=1S/C25H24Cl2N2O3S.ClH/c1-16(22-6-3-7-23(26)24(22)27)28-25(30)29-20-10-12-21(13-11-20)33(31,32)15-17-8-9-18-4-2-5-19(18)14-17;/h3,6-14,16H,2,4-5,15H2,1H3,(H2,28,29,30);1H/p-1/t16-;/m0./s1. The second kappa shape index (κ2) is 11.0. The van der Waals surface area contributed by atoms with Crippen LogP contribution in [-0.4, -0.2) is 14.4 Å². The first-order valence-corrected chi connectivity index (χ1v) is 13.1. The van der Waals surface area contributed by atoms with Crippen LogP contribution in [0.5, 0.6) is 0 Å². The fourth-order valence-electron chi connectivity index (χ4n) is 4.06. The van der Waals surface area contributed by atoms with E-state index in [-0.39, 0.29) is 29.1 Å². The number of hydrogen-bond donors (Lipinski definition) is 2. The Morgan fingerprint density at radius 2 is 1.71 bits per heavy atom. The van der Waals surface area contributed by atoms with E-state index in [4.69, 9.17) is 23.2 Å². The molecular formula is C25H24Cl3N2O3S-. The number of halogens is 3. The van der Waals surface area contributed by atoms with Crippen LogP contribution in [0.25, 0.3) is 0 Å². The number of nitrogens with one attached hydrogen (secondary N) is 2. The number of carbonyl (C=O) groups excluding carboxylic acids is 1. The molecule has 0 saturated heterocycles. The maximum atomic E-state index is 12.9. The van der Waals surface area contributed by atoms with Crippen molar-refractivity contribution in [3.05, 3.63) is 93.0 Å². The Bertz CT molecular complexity index is 1300. The summed E-state index contributed by atoms with van der Waals surface area (Å²) in [6.45, 7) is 1.80. The van der Waals surface area contributed by atoms with Crippen molar-refractivity contribution in [2.24, 2.45) is 0 Å². The van der Waals surface area contributed by atoms with E-state index >= 15 is 0 Å². The topological polar surface area (TPSA) is 75.3 Å². The Labute approximate surface area is 216 Å². The molecule has 0 aromatic heterocycles. The number of aryl methyl sites for hydroxylation is 2. The first kappa shape index (κ1) is 26.4. The number of sulfone groups is 1. The Morgan fingerprint density at radius 1 is 1.00 bits per heavy atom. The van der Waals surface area contributed by atoms with Gasteiger partial charge in [-0.2, -0.15) is 0 Å². The normalized spacial score (nSPS) is 13.5. The van der Waals surface area contributed by atoms with Crippen LogP contribution in [-0.2, 0) is 28.4 Å². The zero-order valence-corrected chi connectivity index (χ0v) is 21.5. The predicted molar refractivity (Wildman–Crippen MR) is 133 cm³/mol. The van der Waals surface area contributed by atoms with Gasteiger partial charge in [0, 0.05) is 5.69 Å². The molecular weight excluding hydrogens is 515 g/mol. The molecule has 1 aliphatic carbocycles. The van der Waals surface area contributed by atoms with Crippen molar-refractivity contribution in [1.29, 1.82) is 0 Å². The summed E-state index contributed by atoms with van der Waals surface area (Å²) in [6, 6.07) is 16.5. The Balaban J connectivity index is 0.00000324. The lowest BCUT2D eigenvalue weighted by atomic mass is 10.1. The van der Waals surface area contributed by atoms with Crippen LogP contribution < -0.4 is 23.0 Å². The molecule has 0 aliphatic heterocycles. The highest BCUT2D eigenvalue weighted by molar-refractivity contribution is 7.90. The van der Waals surface area contributed by atoms with Crippen molar-refractivity contribution in [2.45, 2.75) is 42.9 Å². The Morgan fingerprint density at radius 3 is 2.44 bits per heavy atom. The largest absolute Gasteiger partial charge is 1.00 e. The lowest BCUT2D eigenvalue weighted by Gasteiger charge is -2.17. The van der Waals surface area contributed by atoms with Crippen molar-refractivity contribution >= 4 is 44.8 Å². The molecule has 2 N–H and O–H groups in total. The van der Waals surface area contributed by atoms with E-state index in [1.54, 1.807) is 37.3 Å². The van der Waals surface area contributed by atoms with E-state index < -0.39 is 15.9 Å². The molecule has 0 radical (unpaired) electrons. The first-order valence-electron chi connectivity index (χ1n) is 10.7. The lowest BCUT2D eigenvalue weighted by molar-refractivity contribution is -0.0000122. The second-order valence-corrected chi connectivity index (χ2v) is 11.0. The van der Waals surface area contributed by atoms with Crippen LogP contribution in [0, 0.1) is 0 Å². The van der Waals surface area contributed by atoms with Crippen molar-refractivity contribution in [1.82, 2.24) is 5.32 Å². The molecule has 0 saturated carbocycles. The van der Waals surface area contributed by atoms with Crippen LogP contribution in [0.4, 0.5) is 10.5 Å². The summed E-state index contributed by atoms with van der Waals surface area (Å²) >= 11 is 12.3. The van der Waals surface area contributed by atoms with E-state index in [1.807, 2.05) is 18.2 Å². The first-order chi connectivity index (χ1) is 15.7. The van der Waals surface area contributed by atoms with Crippen molar-refractivity contribution in [2.75, 3.05) is 5.32 Å². The van der Waals surface area contributed by atoms with Crippen LogP contribution >= 0.6 is 23.2 Å². The summed E-state index contributed by atoms with van der Waals surface area (Å²) in [4.78, 5) is 12.6. The molecule has 9 heteroatoms. The zero-order valence-electron chi connectivity index (χ0n) is 18.4. The number of fused-ring (bicyclic) bond motifs is 1. The third-order valence-corrected chi connectivity index (χ3v) is 8.32. The van der Waals surface area contributed by atoms with Crippen LogP contribution in [0.2, 0.25) is 10.0 Å². The molecule has 0 unspecified atom stereocenters. The summed E-state index contributed by atoms with van der Waals surface area (Å²) in [5.74, 6) is -0.0501. The van der Waals surface area contributed by atoms with Crippen molar-refractivity contribution < 1.29 is 25.6 Å². The number of hydrogen-bond acceptors (Lipinski definition) is 3. The highest BCUT2D eigenvalue weighted by Gasteiger charge is 2.19. The van der Waals surface area contributed by atoms with Gasteiger partial charge in [0.05, 0.1) is 26.7 Å². The summed E-state index contributed by atoms with van der Waals surface area (Å²) in [5, 5.41) is 6.32. The van der Waals surface area contributed by atoms with E-state index in [0.717, 1.165) is 24.8 Å². The van der Waals surface area contributed by atoms with Crippen LogP contribution in [0.15, 0.2) is 65.6 Å². The molecule has 1 atom stereocenters. The number of urea groups is 1. The molecule has 0 fully saturated rings. The number of rotatable bonds is 6. The van der Waals surface area contributed by atoms with Gasteiger partial charge in [0.25, 0.3) is 0 Å². The van der Waals surface area contributed by atoms with E-state index in [0.29, 0.717) is 21.3 Å². The minimum Gasteiger partial charge on any atom is -1.00 e. The minimum absolute atomic E-state index is 0. The Kier molecular flexibility index (Phi) is 8.52. The summed E-state index contributed by atoms with van der Waals surface area (Å²) < 4.78 is 25.7. The number of anilines is 1. The van der Waals surface area contributed by atoms with Crippen LogP contribution in [0.1, 0.15) is 41.6 Å². The molecule has 0 bridgehead atoms. The fraction of sp³-hybridized carbons (Fsp3) is 0.240. The molecule has 34 heavy (non-hydrogen) atoms. The van der Waals surface area contributed by atoms with Gasteiger partial charge in [-0.1, -0.05) is 53.5 Å². The van der Waals surface area contributed by atoms with Gasteiger partial charge in [0.2, 0.25) is 0 Å². The number of benzene rings is 3. The molecule has 3 aromatic carbocycles. The molecule has 1 aliphatic rings. The maximum absolute atomic E-state index is 12.9. The summed E-state index contributed by atoms with van der Waals surface area (Å²) in [7, 11) is -3.50. The van der Waals surface area contributed by atoms with Crippen molar-refractivity contribution in [3.8, 4) is 0 Å². The number of carbonyl (C=O) groups is 1. The highest BCUT2D eigenvalue weighted by Crippen LogP contribution is 2.30. The third-order valence-electron chi connectivity index (χ3n) is 5.79. The van der Waals surface area contributed by atoms with Crippen molar-refractivity contribution in [3.63, 3.8) is 0 Å². The fourth-order valence-corrected chi connectivity index (χ4v) is 5.87. The molecule has 3 aromatic rings. The van der Waals surface area contributed by atoms with Gasteiger partial charge >= 0.3 is 6.03 Å². The van der Waals surface area contributed by atoms with Gasteiger partial charge < -0.3 is 23.0 Å². The second-order valence-electron chi connectivity index (χ2n) is 8.20. The maximum Gasteiger partial charge on any atom is 0.319 e. The van der Waals surface area contributed by atoms with E-state index in [2.05, 4.69) is 10.6 Å². The van der Waals surface area contributed by atoms with Gasteiger partial charge in [-0.25, -0.2) is 13.2 Å². The monoisotopic (exact) mass is 537 g/mol. The van der Waals surface area contributed by atoms with E-state index in [1.165, 1.54) is 23.3 Å². The summed E-state index contributed by atoms with van der Waals surface area (Å²) in [6.07, 6.45) is 3.20. The number of amides is 2. The average Bonchev–Trinajstić information content (AvgIpc) is 3.23. The molecule has 180 valence electrons. The van der Waals surface area contributed by atoms with E-state index in [9.17, 15) is 13.2 Å². The highest BCUT2D eigenvalue weighted by atomic mass is 35.5. The lowest BCUT2D eigenvalue weighted by Crippen LogP contribution is -3.00. The zero-order chi connectivity index (χ0) is 23.6.